The van der Waals surface area contributed by atoms with Gasteiger partial charge in [-0.05, 0) is 55.7 Å². The highest BCUT2D eigenvalue weighted by Crippen LogP contribution is 2.32. The molecule has 2 heterocycles. The molecule has 4 rings (SSSR count). The van der Waals surface area contributed by atoms with Gasteiger partial charge in [-0.25, -0.2) is 8.42 Å². The van der Waals surface area contributed by atoms with Gasteiger partial charge in [-0.2, -0.15) is 4.31 Å². The normalized spacial score (nSPS) is 25.3. The van der Waals surface area contributed by atoms with Gasteiger partial charge in [-0.3, -0.25) is 4.79 Å². The van der Waals surface area contributed by atoms with Crippen molar-refractivity contribution in [3.63, 3.8) is 0 Å². The van der Waals surface area contributed by atoms with Crippen LogP contribution < -0.4 is 10.1 Å². The number of amides is 1. The van der Waals surface area contributed by atoms with Crippen molar-refractivity contribution < 1.29 is 32.5 Å². The van der Waals surface area contributed by atoms with Gasteiger partial charge >= 0.3 is 0 Å². The summed E-state index contributed by atoms with van der Waals surface area (Å²) < 4.78 is 46.3. The van der Waals surface area contributed by atoms with Gasteiger partial charge in [0, 0.05) is 13.1 Å². The smallest absolute Gasteiger partial charge is 0.243 e. The van der Waals surface area contributed by atoms with Crippen molar-refractivity contribution in [1.82, 2.24) is 9.62 Å². The van der Waals surface area contributed by atoms with Crippen LogP contribution in [0, 0.1) is 0 Å². The van der Waals surface area contributed by atoms with Crippen LogP contribution in [0.3, 0.4) is 0 Å². The number of ether oxygens (including phenoxy) is 3. The molecule has 0 saturated carbocycles. The topological polar surface area (TPSA) is 114 Å². The summed E-state index contributed by atoms with van der Waals surface area (Å²) in [4.78, 5) is 12.3. The molecule has 0 unspecified atom stereocenters. The molecular formula is C26H34N2O7S. The fourth-order valence-corrected chi connectivity index (χ4v) is 6.27. The predicted molar refractivity (Wildman–Crippen MR) is 133 cm³/mol. The van der Waals surface area contributed by atoms with E-state index >= 15 is 0 Å². The van der Waals surface area contributed by atoms with Crippen LogP contribution in [-0.4, -0.2) is 74.4 Å². The lowest BCUT2D eigenvalue weighted by molar-refractivity contribution is -0.146. The molecule has 0 aromatic heterocycles. The minimum Gasteiger partial charge on any atom is -0.457 e. The van der Waals surface area contributed by atoms with E-state index < -0.39 is 28.3 Å². The highest BCUT2D eigenvalue weighted by atomic mass is 32.2. The van der Waals surface area contributed by atoms with E-state index in [1.165, 1.54) is 16.4 Å². The van der Waals surface area contributed by atoms with E-state index in [-0.39, 0.29) is 43.1 Å². The second kappa shape index (κ2) is 12.2. The maximum atomic E-state index is 13.7. The van der Waals surface area contributed by atoms with Crippen molar-refractivity contribution in [1.29, 1.82) is 0 Å². The first-order chi connectivity index (χ1) is 17.4. The summed E-state index contributed by atoms with van der Waals surface area (Å²) in [6.45, 7) is 2.65. The first kappa shape index (κ1) is 26.6. The van der Waals surface area contributed by atoms with Crippen molar-refractivity contribution in [3.05, 3.63) is 54.6 Å². The van der Waals surface area contributed by atoms with Gasteiger partial charge in [0.05, 0.1) is 48.9 Å². The molecule has 0 bridgehead atoms. The number of β-amino-alcohol motifs (C(OH)–C–C–N with tert-alkyl or cyclic N) is 1. The number of nitrogens with one attached hydrogen (secondary N) is 1. The number of aliphatic hydroxyl groups is 1. The summed E-state index contributed by atoms with van der Waals surface area (Å²) in [7, 11) is -3.94. The highest BCUT2D eigenvalue weighted by Gasteiger charge is 2.43. The predicted octanol–water partition coefficient (Wildman–Crippen LogP) is 2.69. The monoisotopic (exact) mass is 518 g/mol. The van der Waals surface area contributed by atoms with Crippen molar-refractivity contribution in [3.8, 4) is 11.5 Å². The van der Waals surface area contributed by atoms with Gasteiger partial charge in [0.1, 0.15) is 11.5 Å². The van der Waals surface area contributed by atoms with E-state index in [0.29, 0.717) is 30.9 Å². The van der Waals surface area contributed by atoms with Gasteiger partial charge < -0.3 is 24.6 Å². The molecule has 1 amide bonds. The summed E-state index contributed by atoms with van der Waals surface area (Å²) in [5, 5.41) is 13.3. The molecule has 4 atom stereocenters. The number of aliphatic hydroxyl groups excluding tert-OH is 1. The zero-order valence-electron chi connectivity index (χ0n) is 20.4. The van der Waals surface area contributed by atoms with E-state index in [2.05, 4.69) is 5.32 Å². The SMILES string of the molecule is CCCNC(=O)C[C@H]1CC[C@H]2[C@@H](COC[C@@H](O)CN2S(=O)(=O)c2ccc(Oc3ccccc3)cc2)O1. The van der Waals surface area contributed by atoms with Gasteiger partial charge in [0.25, 0.3) is 0 Å². The van der Waals surface area contributed by atoms with E-state index in [1.54, 1.807) is 12.1 Å². The van der Waals surface area contributed by atoms with E-state index in [1.807, 2.05) is 37.3 Å². The summed E-state index contributed by atoms with van der Waals surface area (Å²) in [5.74, 6) is 1.09. The number of fused-ring (bicyclic) bond motifs is 1. The van der Waals surface area contributed by atoms with E-state index in [0.717, 1.165) is 6.42 Å². The highest BCUT2D eigenvalue weighted by molar-refractivity contribution is 7.89. The zero-order chi connectivity index (χ0) is 25.5. The molecule has 36 heavy (non-hydrogen) atoms. The second-order valence-corrected chi connectivity index (χ2v) is 11.0. The molecule has 9 nitrogen and oxygen atoms in total. The third kappa shape index (κ3) is 6.63. The quantitative estimate of drug-likeness (QED) is 0.552. The molecule has 0 spiro atoms. The van der Waals surface area contributed by atoms with Crippen molar-refractivity contribution in [2.24, 2.45) is 0 Å². The first-order valence-corrected chi connectivity index (χ1v) is 13.8. The number of nitrogens with zero attached hydrogens (tertiary/aromatic N) is 1. The Morgan fingerprint density at radius 3 is 2.53 bits per heavy atom. The van der Waals surface area contributed by atoms with Gasteiger partial charge in [0.2, 0.25) is 15.9 Å². The molecule has 2 aromatic carbocycles. The Labute approximate surface area is 212 Å². The number of benzene rings is 2. The lowest BCUT2D eigenvalue weighted by Crippen LogP contribution is -2.57. The van der Waals surface area contributed by atoms with Crippen molar-refractivity contribution in [2.75, 3.05) is 26.3 Å². The molecule has 2 aliphatic rings. The molecule has 196 valence electrons. The number of sulfonamides is 1. The van der Waals surface area contributed by atoms with Gasteiger partial charge in [0.15, 0.2) is 0 Å². The van der Waals surface area contributed by atoms with Crippen LogP contribution >= 0.6 is 0 Å². The van der Waals surface area contributed by atoms with Crippen LogP contribution in [0.4, 0.5) is 0 Å². The third-order valence-corrected chi connectivity index (χ3v) is 8.23. The molecule has 0 radical (unpaired) electrons. The summed E-state index contributed by atoms with van der Waals surface area (Å²) in [6, 6.07) is 15.0. The fraction of sp³-hybridized carbons (Fsp3) is 0.500. The zero-order valence-corrected chi connectivity index (χ0v) is 21.2. The number of hydrogen-bond acceptors (Lipinski definition) is 7. The van der Waals surface area contributed by atoms with Crippen molar-refractivity contribution in [2.45, 2.75) is 61.9 Å². The number of carbonyl (C=O) groups excluding carboxylic acids is 1. The summed E-state index contributed by atoms with van der Waals surface area (Å²) in [5.41, 5.74) is 0. The summed E-state index contributed by atoms with van der Waals surface area (Å²) in [6.07, 6.45) is 0.305. The Balaban J connectivity index is 1.49. The first-order valence-electron chi connectivity index (χ1n) is 12.4. The molecule has 2 saturated heterocycles. The Morgan fingerprint density at radius 2 is 1.81 bits per heavy atom. The number of hydrogen-bond donors (Lipinski definition) is 2. The number of rotatable bonds is 8. The maximum Gasteiger partial charge on any atom is 0.243 e. The van der Waals surface area contributed by atoms with Crippen LogP contribution in [0.15, 0.2) is 59.5 Å². The Hall–Kier alpha value is -2.50. The maximum absolute atomic E-state index is 13.7. The molecule has 2 N–H and O–H groups in total. The molecule has 0 aliphatic carbocycles. The lowest BCUT2D eigenvalue weighted by Gasteiger charge is -2.43. The minimum absolute atomic E-state index is 0.00407. The Bertz CT molecular complexity index is 1100. The number of carbonyl (C=O) groups is 1. The largest absolute Gasteiger partial charge is 0.457 e. The molecule has 2 aromatic rings. The summed E-state index contributed by atoms with van der Waals surface area (Å²) >= 11 is 0. The minimum atomic E-state index is -3.94. The standard InChI is InChI=1S/C26H34N2O7S/c1-2-14-27-26(30)15-22-10-13-24-25(35-22)18-33-17-19(29)16-28(24)36(31,32)23-11-8-21(9-12-23)34-20-6-4-3-5-7-20/h3-9,11-12,19,22,24-25,29H,2,10,13-18H2,1H3,(H,27,30)/t19-,22+,24-,25+/m0/s1. The van der Waals surface area contributed by atoms with E-state index in [9.17, 15) is 18.3 Å². The van der Waals surface area contributed by atoms with Crippen molar-refractivity contribution >= 4 is 15.9 Å². The Kier molecular flexibility index (Phi) is 8.97. The Morgan fingerprint density at radius 1 is 1.08 bits per heavy atom. The van der Waals surface area contributed by atoms with Crippen LogP contribution in [0.1, 0.15) is 32.6 Å². The molecular weight excluding hydrogens is 484 g/mol. The molecule has 10 heteroatoms. The average Bonchev–Trinajstić information content (AvgIpc) is 2.86. The van der Waals surface area contributed by atoms with Crippen LogP contribution in [0.5, 0.6) is 11.5 Å². The van der Waals surface area contributed by atoms with E-state index in [4.69, 9.17) is 14.2 Å². The molecule has 2 fully saturated rings. The van der Waals surface area contributed by atoms with Gasteiger partial charge in [-0.15, -0.1) is 0 Å². The third-order valence-electron chi connectivity index (χ3n) is 6.33. The average molecular weight is 519 g/mol. The van der Waals surface area contributed by atoms with Gasteiger partial charge in [-0.1, -0.05) is 25.1 Å². The fourth-order valence-electron chi connectivity index (χ4n) is 4.55. The number of para-hydroxylation sites is 1. The second-order valence-electron chi connectivity index (χ2n) is 9.15. The lowest BCUT2D eigenvalue weighted by atomic mass is 9.96. The van der Waals surface area contributed by atoms with Crippen LogP contribution in [0.25, 0.3) is 0 Å². The van der Waals surface area contributed by atoms with Crippen LogP contribution in [0.2, 0.25) is 0 Å². The van der Waals surface area contributed by atoms with Crippen LogP contribution in [-0.2, 0) is 24.3 Å². The molecule has 2 aliphatic heterocycles.